The van der Waals surface area contributed by atoms with Crippen molar-refractivity contribution in [1.82, 2.24) is 5.32 Å². The van der Waals surface area contributed by atoms with Crippen molar-refractivity contribution in [3.05, 3.63) is 74.7 Å². The van der Waals surface area contributed by atoms with Gasteiger partial charge in [0.2, 0.25) is 0 Å². The van der Waals surface area contributed by atoms with Gasteiger partial charge in [-0.15, -0.1) is 11.3 Å². The largest absolute Gasteiger partial charge is 0.491 e. The van der Waals surface area contributed by atoms with E-state index in [1.54, 1.807) is 18.3 Å². The van der Waals surface area contributed by atoms with Crippen LogP contribution in [0.5, 0.6) is 5.75 Å². The third-order valence-corrected chi connectivity index (χ3v) is 9.21. The van der Waals surface area contributed by atoms with Crippen LogP contribution in [0.3, 0.4) is 0 Å². The summed E-state index contributed by atoms with van der Waals surface area (Å²) in [5.41, 5.74) is 4.95. The topological polar surface area (TPSA) is 55.4 Å². The Kier molecular flexibility index (Phi) is 7.21. The fraction of sp³-hybridized carbons (Fsp3) is 0.438. The summed E-state index contributed by atoms with van der Waals surface area (Å²) in [6.45, 7) is 9.63. The number of Topliss-reactive ketones (excluding diaryl/α,β-unsaturated/α-hetero) is 1. The number of aryl methyl sites for hydroxylation is 2. The molecule has 0 bridgehead atoms. The fourth-order valence-electron chi connectivity index (χ4n) is 6.28. The van der Waals surface area contributed by atoms with E-state index < -0.39 is 0 Å². The van der Waals surface area contributed by atoms with E-state index in [2.05, 4.69) is 24.4 Å². The van der Waals surface area contributed by atoms with Crippen LogP contribution >= 0.6 is 11.3 Å². The summed E-state index contributed by atoms with van der Waals surface area (Å²) in [6, 6.07) is 13.1. The van der Waals surface area contributed by atoms with Crippen LogP contribution in [0.25, 0.3) is 11.1 Å². The molecule has 1 spiro atoms. The molecule has 0 unspecified atom stereocenters. The predicted molar refractivity (Wildman–Crippen MR) is 151 cm³/mol. The molecule has 0 radical (unpaired) electrons. The maximum atomic E-state index is 14.2. The number of halogens is 1. The van der Waals surface area contributed by atoms with Crippen molar-refractivity contribution in [3.8, 4) is 16.9 Å². The highest BCUT2D eigenvalue weighted by Gasteiger charge is 2.54. The summed E-state index contributed by atoms with van der Waals surface area (Å²) in [4.78, 5) is 27.1. The molecule has 6 heteroatoms. The number of hydrogen-bond donors (Lipinski definition) is 1. The van der Waals surface area contributed by atoms with E-state index in [9.17, 15) is 14.0 Å². The molecule has 200 valence electrons. The van der Waals surface area contributed by atoms with Crippen molar-refractivity contribution in [2.24, 2.45) is 11.3 Å². The Bertz CT molecular complexity index is 1360. The number of thiophene rings is 1. The zero-order valence-corrected chi connectivity index (χ0v) is 23.6. The number of nitrogens with one attached hydrogen (secondary N) is 1. The Morgan fingerprint density at radius 1 is 1.03 bits per heavy atom. The Morgan fingerprint density at radius 2 is 1.71 bits per heavy atom. The van der Waals surface area contributed by atoms with Crippen molar-refractivity contribution in [2.45, 2.75) is 78.9 Å². The second kappa shape index (κ2) is 10.3. The molecule has 2 aromatic carbocycles. The maximum Gasteiger partial charge on any atom is 0.252 e. The summed E-state index contributed by atoms with van der Waals surface area (Å²) in [5.74, 6) is 0.731. The third-order valence-electron chi connectivity index (χ3n) is 8.15. The van der Waals surface area contributed by atoms with Gasteiger partial charge in [0.05, 0.1) is 11.7 Å². The summed E-state index contributed by atoms with van der Waals surface area (Å²) in [5, 5.41) is 3.27. The lowest BCUT2D eigenvalue weighted by Crippen LogP contribution is -2.57. The monoisotopic (exact) mass is 533 g/mol. The molecular weight excluding hydrogens is 497 g/mol. The summed E-state index contributed by atoms with van der Waals surface area (Å²) in [6.07, 6.45) is 4.55. The number of rotatable bonds is 8. The van der Waals surface area contributed by atoms with Crippen molar-refractivity contribution in [1.29, 1.82) is 0 Å². The smallest absolute Gasteiger partial charge is 0.252 e. The molecule has 4 nitrogen and oxygen atoms in total. The molecule has 1 aromatic heterocycles. The van der Waals surface area contributed by atoms with Crippen LogP contribution in [0.15, 0.2) is 42.5 Å². The SMILES string of the molecule is CC(=O)C1CC2(CC(NC(=O)c3c(C)sc(C)c3Cc3ccc(-c4cc(F)cc(OC(C)C)c4)cc3)C2)C1. The van der Waals surface area contributed by atoms with Crippen LogP contribution in [-0.4, -0.2) is 23.8 Å². The first-order valence-electron chi connectivity index (χ1n) is 13.5. The molecular formula is C32H36FNO3S. The van der Waals surface area contributed by atoms with Gasteiger partial charge >= 0.3 is 0 Å². The molecule has 0 aliphatic heterocycles. The number of ketones is 1. The van der Waals surface area contributed by atoms with Gasteiger partial charge in [-0.3, -0.25) is 9.59 Å². The van der Waals surface area contributed by atoms with E-state index in [0.717, 1.165) is 63.3 Å². The fourth-order valence-corrected chi connectivity index (χ4v) is 7.36. The average Bonchev–Trinajstić information content (AvgIpc) is 3.06. The van der Waals surface area contributed by atoms with Gasteiger partial charge in [0.25, 0.3) is 5.91 Å². The van der Waals surface area contributed by atoms with Crippen LogP contribution in [0.1, 0.15) is 77.7 Å². The van der Waals surface area contributed by atoms with E-state index in [4.69, 9.17) is 4.74 Å². The molecule has 1 heterocycles. The first-order valence-corrected chi connectivity index (χ1v) is 14.3. The highest BCUT2D eigenvalue weighted by molar-refractivity contribution is 7.12. The molecule has 38 heavy (non-hydrogen) atoms. The highest BCUT2D eigenvalue weighted by Crippen LogP contribution is 2.58. The zero-order chi connectivity index (χ0) is 27.2. The molecule has 2 fully saturated rings. The van der Waals surface area contributed by atoms with E-state index in [1.165, 1.54) is 12.1 Å². The third kappa shape index (κ3) is 5.42. The number of amides is 1. The molecule has 0 saturated heterocycles. The van der Waals surface area contributed by atoms with Crippen LogP contribution < -0.4 is 10.1 Å². The lowest BCUT2D eigenvalue weighted by Gasteiger charge is -2.57. The van der Waals surface area contributed by atoms with Crippen LogP contribution in [-0.2, 0) is 11.2 Å². The van der Waals surface area contributed by atoms with Gasteiger partial charge in [-0.05, 0) is 107 Å². The standard InChI is InChI=1S/C32H36FNO3S/c1-18(2)37-28-12-24(11-26(33)13-28)23-8-6-22(7-9-23)10-29-20(4)38-21(5)30(29)31(36)34-27-16-32(17-27)14-25(15-32)19(3)35/h6-9,11-13,18,25,27H,10,14-17H2,1-5H3,(H,34,36). The molecule has 3 aromatic rings. The van der Waals surface area contributed by atoms with Gasteiger partial charge in [-0.1, -0.05) is 24.3 Å². The van der Waals surface area contributed by atoms with Crippen LogP contribution in [0, 0.1) is 31.0 Å². The van der Waals surface area contributed by atoms with Gasteiger partial charge in [0.1, 0.15) is 17.3 Å². The minimum absolute atomic E-state index is 0.0122. The lowest BCUT2D eigenvalue weighted by molar-refractivity contribution is -0.134. The average molecular weight is 534 g/mol. The highest BCUT2D eigenvalue weighted by atomic mass is 32.1. The first-order chi connectivity index (χ1) is 18.0. The van der Waals surface area contributed by atoms with Crippen molar-refractivity contribution in [3.63, 3.8) is 0 Å². The van der Waals surface area contributed by atoms with E-state index >= 15 is 0 Å². The summed E-state index contributed by atoms with van der Waals surface area (Å²) < 4.78 is 19.9. The van der Waals surface area contributed by atoms with Crippen molar-refractivity contribution < 1.29 is 18.7 Å². The van der Waals surface area contributed by atoms with Crippen LogP contribution in [0.4, 0.5) is 4.39 Å². The second-order valence-corrected chi connectivity index (χ2v) is 13.0. The van der Waals surface area contributed by atoms with Gasteiger partial charge in [0.15, 0.2) is 0 Å². The maximum absolute atomic E-state index is 14.2. The Hall–Kier alpha value is -2.99. The molecule has 5 rings (SSSR count). The number of carbonyl (C=O) groups is 2. The normalized spacial score (nSPS) is 22.2. The van der Waals surface area contributed by atoms with Gasteiger partial charge in [-0.2, -0.15) is 0 Å². The van der Waals surface area contributed by atoms with E-state index in [1.807, 2.05) is 39.0 Å². The number of hydrogen-bond acceptors (Lipinski definition) is 4. The number of benzene rings is 2. The molecule has 1 N–H and O–H groups in total. The Labute approximate surface area is 228 Å². The molecule has 1 amide bonds. The quantitative estimate of drug-likeness (QED) is 0.328. The lowest BCUT2D eigenvalue weighted by atomic mass is 9.49. The number of ether oxygens (including phenoxy) is 1. The number of carbonyl (C=O) groups excluding carboxylic acids is 2. The minimum Gasteiger partial charge on any atom is -0.491 e. The first kappa shape index (κ1) is 26.6. The van der Waals surface area contributed by atoms with Crippen molar-refractivity contribution >= 4 is 23.0 Å². The molecule has 2 aliphatic rings. The van der Waals surface area contributed by atoms with E-state index in [0.29, 0.717) is 18.0 Å². The van der Waals surface area contributed by atoms with E-state index in [-0.39, 0.29) is 35.2 Å². The second-order valence-electron chi connectivity index (χ2n) is 11.6. The van der Waals surface area contributed by atoms with Crippen LogP contribution in [0.2, 0.25) is 0 Å². The van der Waals surface area contributed by atoms with Gasteiger partial charge in [0, 0.05) is 27.8 Å². The summed E-state index contributed by atoms with van der Waals surface area (Å²) >= 11 is 1.67. The zero-order valence-electron chi connectivity index (χ0n) is 22.8. The summed E-state index contributed by atoms with van der Waals surface area (Å²) in [7, 11) is 0. The Morgan fingerprint density at radius 3 is 2.34 bits per heavy atom. The Balaban J connectivity index is 1.26. The molecule has 2 saturated carbocycles. The van der Waals surface area contributed by atoms with Gasteiger partial charge in [-0.25, -0.2) is 4.39 Å². The minimum atomic E-state index is -0.324. The molecule has 2 aliphatic carbocycles. The molecule has 0 atom stereocenters. The van der Waals surface area contributed by atoms with Crippen molar-refractivity contribution in [2.75, 3.05) is 0 Å². The van der Waals surface area contributed by atoms with Gasteiger partial charge < -0.3 is 10.1 Å². The predicted octanol–water partition coefficient (Wildman–Crippen LogP) is 7.43.